The van der Waals surface area contributed by atoms with Crippen LogP contribution in [0, 0.1) is 15.9 Å². The van der Waals surface area contributed by atoms with Gasteiger partial charge in [0.1, 0.15) is 11.6 Å². The molecule has 9 heteroatoms. The Labute approximate surface area is 170 Å². The molecule has 3 aromatic rings. The molecule has 0 saturated heterocycles. The van der Waals surface area contributed by atoms with Gasteiger partial charge in [-0.1, -0.05) is 12.1 Å². The highest BCUT2D eigenvalue weighted by atomic mass is 19.1. The number of nitro groups is 1. The number of rotatable bonds is 7. The normalized spacial score (nSPS) is 10.2. The van der Waals surface area contributed by atoms with Gasteiger partial charge in [-0.15, -0.1) is 0 Å². The molecule has 8 nitrogen and oxygen atoms in total. The van der Waals surface area contributed by atoms with Crippen LogP contribution in [-0.2, 0) is 4.79 Å². The number of nitro benzene ring substituents is 1. The fraction of sp³-hybridized carbons (Fsp3) is 0.0476. The second-order valence-electron chi connectivity index (χ2n) is 6.13. The predicted molar refractivity (Wildman–Crippen MR) is 108 cm³/mol. The van der Waals surface area contributed by atoms with Crippen LogP contribution in [0.5, 0.6) is 5.75 Å². The lowest BCUT2D eigenvalue weighted by atomic mass is 10.2. The maximum absolute atomic E-state index is 13.1. The van der Waals surface area contributed by atoms with Crippen LogP contribution in [0.2, 0.25) is 0 Å². The Bertz CT molecular complexity index is 1090. The van der Waals surface area contributed by atoms with Gasteiger partial charge in [0.15, 0.2) is 6.61 Å². The molecule has 0 saturated carbocycles. The van der Waals surface area contributed by atoms with Gasteiger partial charge in [0.05, 0.1) is 4.92 Å². The van der Waals surface area contributed by atoms with Crippen molar-refractivity contribution in [1.82, 2.24) is 0 Å². The highest BCUT2D eigenvalue weighted by Crippen LogP contribution is 2.18. The summed E-state index contributed by atoms with van der Waals surface area (Å²) < 4.78 is 18.5. The van der Waals surface area contributed by atoms with Gasteiger partial charge in [0, 0.05) is 29.1 Å². The van der Waals surface area contributed by atoms with Crippen molar-refractivity contribution in [1.29, 1.82) is 0 Å². The second kappa shape index (κ2) is 9.28. The standard InChI is InChI=1S/C21H16FN3O5/c22-15-4-2-5-17(12-15)23-20(26)13-30-19-9-7-16(8-10-19)24-21(27)14-3-1-6-18(11-14)25(28)29/h1-12H,13H2,(H,23,26)(H,24,27). The topological polar surface area (TPSA) is 111 Å². The Kier molecular flexibility index (Phi) is 6.33. The molecule has 2 N–H and O–H groups in total. The van der Waals surface area contributed by atoms with Crippen molar-refractivity contribution >= 4 is 28.9 Å². The zero-order chi connectivity index (χ0) is 21.5. The molecule has 0 unspecified atom stereocenters. The quantitative estimate of drug-likeness (QED) is 0.453. The van der Waals surface area contributed by atoms with Gasteiger partial charge in [0.25, 0.3) is 17.5 Å². The van der Waals surface area contributed by atoms with Crippen molar-refractivity contribution in [3.63, 3.8) is 0 Å². The molecule has 0 aliphatic carbocycles. The van der Waals surface area contributed by atoms with E-state index in [1.54, 1.807) is 30.3 Å². The van der Waals surface area contributed by atoms with Crippen LogP contribution in [0.4, 0.5) is 21.5 Å². The van der Waals surface area contributed by atoms with Gasteiger partial charge in [0.2, 0.25) is 0 Å². The van der Waals surface area contributed by atoms with E-state index in [-0.39, 0.29) is 17.9 Å². The zero-order valence-electron chi connectivity index (χ0n) is 15.5. The number of nitrogens with one attached hydrogen (secondary N) is 2. The zero-order valence-corrected chi connectivity index (χ0v) is 15.5. The fourth-order valence-electron chi connectivity index (χ4n) is 2.51. The Balaban J connectivity index is 1.53. The molecule has 0 atom stereocenters. The molecule has 3 rings (SSSR count). The Morgan fingerprint density at radius 1 is 0.933 bits per heavy atom. The summed E-state index contributed by atoms with van der Waals surface area (Å²) in [5.74, 6) is -1.03. The van der Waals surface area contributed by atoms with Crippen LogP contribution >= 0.6 is 0 Å². The molecule has 0 aromatic heterocycles. The SMILES string of the molecule is O=C(COc1ccc(NC(=O)c2cccc([N+](=O)[O-])c2)cc1)Nc1cccc(F)c1. The molecule has 0 spiro atoms. The number of carbonyl (C=O) groups excluding carboxylic acids is 2. The lowest BCUT2D eigenvalue weighted by Crippen LogP contribution is -2.20. The van der Waals surface area contributed by atoms with E-state index in [4.69, 9.17) is 4.74 Å². The molecule has 0 aliphatic rings. The minimum Gasteiger partial charge on any atom is -0.484 e. The van der Waals surface area contributed by atoms with E-state index in [0.29, 0.717) is 17.1 Å². The molecular formula is C21H16FN3O5. The average Bonchev–Trinajstić information content (AvgIpc) is 2.73. The monoisotopic (exact) mass is 409 g/mol. The smallest absolute Gasteiger partial charge is 0.270 e. The summed E-state index contributed by atoms with van der Waals surface area (Å²) in [5.41, 5.74) is 0.743. The summed E-state index contributed by atoms with van der Waals surface area (Å²) in [6.07, 6.45) is 0. The summed E-state index contributed by atoms with van der Waals surface area (Å²) in [5, 5.41) is 15.9. The van der Waals surface area contributed by atoms with Gasteiger partial charge in [-0.3, -0.25) is 19.7 Å². The molecule has 152 valence electrons. The predicted octanol–water partition coefficient (Wildman–Crippen LogP) is 4.00. The van der Waals surface area contributed by atoms with E-state index in [0.717, 1.165) is 0 Å². The summed E-state index contributed by atoms with van der Waals surface area (Å²) in [6, 6.07) is 17.1. The van der Waals surface area contributed by atoms with Gasteiger partial charge in [-0.05, 0) is 48.5 Å². The highest BCUT2D eigenvalue weighted by molar-refractivity contribution is 6.04. The number of nitrogens with zero attached hydrogens (tertiary/aromatic N) is 1. The molecule has 2 amide bonds. The molecule has 30 heavy (non-hydrogen) atoms. The maximum atomic E-state index is 13.1. The van der Waals surface area contributed by atoms with Gasteiger partial charge >= 0.3 is 0 Å². The third-order valence-electron chi connectivity index (χ3n) is 3.91. The van der Waals surface area contributed by atoms with E-state index in [1.165, 1.54) is 42.5 Å². The van der Waals surface area contributed by atoms with Crippen molar-refractivity contribution in [3.05, 3.63) is 94.3 Å². The number of anilines is 2. The summed E-state index contributed by atoms with van der Waals surface area (Å²) in [4.78, 5) is 34.4. The number of hydrogen-bond donors (Lipinski definition) is 2. The second-order valence-corrected chi connectivity index (χ2v) is 6.13. The van der Waals surface area contributed by atoms with Gasteiger partial charge in [-0.2, -0.15) is 0 Å². The highest BCUT2D eigenvalue weighted by Gasteiger charge is 2.12. The van der Waals surface area contributed by atoms with Crippen LogP contribution in [0.15, 0.2) is 72.8 Å². The van der Waals surface area contributed by atoms with Crippen LogP contribution in [0.3, 0.4) is 0 Å². The number of hydrogen-bond acceptors (Lipinski definition) is 5. The first-order chi connectivity index (χ1) is 14.4. The van der Waals surface area contributed by atoms with E-state index >= 15 is 0 Å². The minimum atomic E-state index is -0.576. The number of benzene rings is 3. The molecule has 0 bridgehead atoms. The lowest BCUT2D eigenvalue weighted by molar-refractivity contribution is -0.384. The largest absolute Gasteiger partial charge is 0.484 e. The third kappa shape index (κ3) is 5.61. The Morgan fingerprint density at radius 2 is 1.67 bits per heavy atom. The molecule has 0 heterocycles. The van der Waals surface area contributed by atoms with E-state index in [1.807, 2.05) is 0 Å². The van der Waals surface area contributed by atoms with E-state index in [9.17, 15) is 24.1 Å². The van der Waals surface area contributed by atoms with Gasteiger partial charge < -0.3 is 15.4 Å². The Hall–Kier alpha value is -4.27. The minimum absolute atomic E-state index is 0.151. The first-order valence-electron chi connectivity index (χ1n) is 8.75. The number of carbonyl (C=O) groups is 2. The molecule has 0 aliphatic heterocycles. The number of non-ortho nitro benzene ring substituents is 1. The number of halogens is 1. The van der Waals surface area contributed by atoms with Crippen LogP contribution in [0.1, 0.15) is 10.4 Å². The summed E-state index contributed by atoms with van der Waals surface area (Å²) in [6.45, 7) is -0.282. The van der Waals surface area contributed by atoms with Crippen molar-refractivity contribution in [3.8, 4) is 5.75 Å². The van der Waals surface area contributed by atoms with Crippen molar-refractivity contribution < 1.29 is 23.6 Å². The van der Waals surface area contributed by atoms with Crippen molar-refractivity contribution in [2.45, 2.75) is 0 Å². The first-order valence-corrected chi connectivity index (χ1v) is 8.75. The summed E-state index contributed by atoms with van der Waals surface area (Å²) >= 11 is 0. The van der Waals surface area contributed by atoms with E-state index < -0.39 is 22.6 Å². The summed E-state index contributed by atoms with van der Waals surface area (Å²) in [7, 11) is 0. The van der Waals surface area contributed by atoms with Gasteiger partial charge in [-0.25, -0.2) is 4.39 Å². The lowest BCUT2D eigenvalue weighted by Gasteiger charge is -2.09. The third-order valence-corrected chi connectivity index (χ3v) is 3.91. The number of amides is 2. The molecular weight excluding hydrogens is 393 g/mol. The van der Waals surface area contributed by atoms with Crippen LogP contribution in [0.25, 0.3) is 0 Å². The van der Waals surface area contributed by atoms with E-state index in [2.05, 4.69) is 10.6 Å². The first kappa shape index (κ1) is 20.5. The van der Waals surface area contributed by atoms with Crippen molar-refractivity contribution in [2.24, 2.45) is 0 Å². The van der Waals surface area contributed by atoms with Crippen LogP contribution < -0.4 is 15.4 Å². The fourth-order valence-corrected chi connectivity index (χ4v) is 2.51. The van der Waals surface area contributed by atoms with Crippen LogP contribution in [-0.4, -0.2) is 23.3 Å². The Morgan fingerprint density at radius 3 is 2.37 bits per heavy atom. The van der Waals surface area contributed by atoms with Crippen molar-refractivity contribution in [2.75, 3.05) is 17.2 Å². The molecule has 0 radical (unpaired) electrons. The maximum Gasteiger partial charge on any atom is 0.270 e. The number of ether oxygens (including phenoxy) is 1. The average molecular weight is 409 g/mol. The molecule has 3 aromatic carbocycles. The molecule has 0 fully saturated rings.